The third-order valence-electron chi connectivity index (χ3n) is 2.98. The first-order valence-corrected chi connectivity index (χ1v) is 5.90. The first-order valence-electron chi connectivity index (χ1n) is 6.40. The summed E-state index contributed by atoms with van der Waals surface area (Å²) in [6.07, 6.45) is 0. The summed E-state index contributed by atoms with van der Waals surface area (Å²) in [4.78, 5) is 12.1. The van der Waals surface area contributed by atoms with Gasteiger partial charge in [0.1, 0.15) is 28.2 Å². The Balaban J connectivity index is 2.35. The van der Waals surface area contributed by atoms with Gasteiger partial charge in [-0.3, -0.25) is 4.79 Å². The van der Waals surface area contributed by atoms with Crippen molar-refractivity contribution >= 4 is 11.0 Å². The Hall–Kier alpha value is -3.15. The van der Waals surface area contributed by atoms with Gasteiger partial charge in [0.2, 0.25) is 0 Å². The Morgan fingerprint density at radius 3 is 2.43 bits per heavy atom. The van der Waals surface area contributed by atoms with Crippen LogP contribution in [0.1, 0.15) is 1.37 Å². The van der Waals surface area contributed by atoms with Crippen LogP contribution in [-0.2, 0) is 0 Å². The van der Waals surface area contributed by atoms with E-state index in [1.54, 1.807) is 0 Å². The van der Waals surface area contributed by atoms with Crippen molar-refractivity contribution in [2.24, 2.45) is 0 Å². The number of benzene rings is 2. The van der Waals surface area contributed by atoms with Gasteiger partial charge in [-0.1, -0.05) is 0 Å². The summed E-state index contributed by atoms with van der Waals surface area (Å²) < 4.78 is 13.1. The number of phenolic OH excluding ortho intramolecular Hbond substituents is 4. The highest BCUT2D eigenvalue weighted by molar-refractivity contribution is 5.86. The van der Waals surface area contributed by atoms with Gasteiger partial charge < -0.3 is 24.8 Å². The Morgan fingerprint density at radius 1 is 0.952 bits per heavy atom. The minimum absolute atomic E-state index is 0.0197. The lowest BCUT2D eigenvalue weighted by molar-refractivity contribution is 0.404. The molecule has 0 aliphatic carbocycles. The fourth-order valence-corrected chi connectivity index (χ4v) is 2.00. The highest BCUT2D eigenvalue weighted by Crippen LogP contribution is 2.33. The lowest BCUT2D eigenvalue weighted by Gasteiger charge is -2.06. The monoisotopic (exact) mass is 287 g/mol. The Bertz CT molecular complexity index is 960. The molecule has 0 spiro atoms. The maximum atomic E-state index is 12.1. The quantitative estimate of drug-likeness (QED) is 0.511. The van der Waals surface area contributed by atoms with Crippen LogP contribution in [-0.4, -0.2) is 20.4 Å². The molecule has 0 saturated carbocycles. The zero-order chi connectivity index (χ0) is 16.0. The van der Waals surface area contributed by atoms with Crippen molar-refractivity contribution in [2.75, 3.05) is 0 Å². The molecule has 4 N–H and O–H groups in total. The van der Waals surface area contributed by atoms with Crippen LogP contribution in [0.2, 0.25) is 0 Å². The molecule has 0 atom stereocenters. The summed E-state index contributed by atoms with van der Waals surface area (Å²) >= 11 is 0. The largest absolute Gasteiger partial charge is 0.508 e. The molecule has 0 aliphatic heterocycles. The van der Waals surface area contributed by atoms with Gasteiger partial charge in [-0.2, -0.15) is 0 Å². The van der Waals surface area contributed by atoms with Crippen LogP contribution in [0.15, 0.2) is 45.6 Å². The van der Waals surface area contributed by atoms with E-state index < -0.39 is 28.7 Å². The van der Waals surface area contributed by atoms with E-state index >= 15 is 0 Å². The number of aromatic hydroxyl groups is 4. The van der Waals surface area contributed by atoms with E-state index in [2.05, 4.69) is 0 Å². The van der Waals surface area contributed by atoms with Crippen molar-refractivity contribution in [3.63, 3.8) is 0 Å². The first-order chi connectivity index (χ1) is 10.4. The molecular weight excluding hydrogens is 276 g/mol. The van der Waals surface area contributed by atoms with Crippen LogP contribution >= 0.6 is 0 Å². The average molecular weight is 287 g/mol. The minimum Gasteiger partial charge on any atom is -0.508 e. The number of fused-ring (bicyclic) bond motifs is 1. The summed E-state index contributed by atoms with van der Waals surface area (Å²) in [5.74, 6) is -1.73. The van der Waals surface area contributed by atoms with E-state index in [9.17, 15) is 25.2 Å². The predicted molar refractivity (Wildman–Crippen MR) is 74.6 cm³/mol. The molecule has 0 aliphatic rings. The van der Waals surface area contributed by atoms with Gasteiger partial charge in [0.05, 0.1) is 1.37 Å². The van der Waals surface area contributed by atoms with Gasteiger partial charge in [0.25, 0.3) is 0 Å². The molecule has 3 rings (SSSR count). The summed E-state index contributed by atoms with van der Waals surface area (Å²) in [5, 5.41) is 37.9. The summed E-state index contributed by atoms with van der Waals surface area (Å²) in [6, 6.07) is 5.36. The molecule has 0 unspecified atom stereocenters. The maximum Gasteiger partial charge on any atom is 0.197 e. The topological polar surface area (TPSA) is 111 Å². The second-order valence-corrected chi connectivity index (χ2v) is 4.42. The van der Waals surface area contributed by atoms with Crippen LogP contribution in [0, 0.1) is 0 Å². The van der Waals surface area contributed by atoms with Crippen molar-refractivity contribution in [1.29, 1.82) is 0 Å². The van der Waals surface area contributed by atoms with E-state index in [1.807, 2.05) is 0 Å². The van der Waals surface area contributed by atoms with Crippen molar-refractivity contribution in [3.8, 4) is 34.3 Å². The lowest BCUT2D eigenvalue weighted by atomic mass is 10.1. The smallest absolute Gasteiger partial charge is 0.197 e. The Morgan fingerprint density at radius 2 is 1.71 bits per heavy atom. The highest BCUT2D eigenvalue weighted by atomic mass is 16.3. The van der Waals surface area contributed by atoms with Crippen molar-refractivity contribution < 1.29 is 26.2 Å². The minimum atomic E-state index is -0.602. The fraction of sp³-hybridized carbons (Fsp3) is 0. The van der Waals surface area contributed by atoms with Crippen LogP contribution < -0.4 is 5.43 Å². The van der Waals surface area contributed by atoms with Gasteiger partial charge in [0, 0.05) is 23.7 Å². The molecule has 0 radical (unpaired) electrons. The molecule has 106 valence electrons. The maximum absolute atomic E-state index is 12.1. The van der Waals surface area contributed by atoms with Gasteiger partial charge in [-0.25, -0.2) is 0 Å². The molecule has 0 amide bonds. The fourth-order valence-electron chi connectivity index (χ4n) is 2.00. The molecule has 1 heterocycles. The van der Waals surface area contributed by atoms with E-state index in [0.29, 0.717) is 0 Å². The molecule has 3 aromatic rings. The molecule has 0 saturated heterocycles. The van der Waals surface area contributed by atoms with Crippen LogP contribution in [0.25, 0.3) is 22.3 Å². The zero-order valence-corrected chi connectivity index (χ0v) is 10.5. The van der Waals surface area contributed by atoms with Crippen LogP contribution in [0.5, 0.6) is 23.0 Å². The molecule has 0 bridgehead atoms. The number of phenols is 4. The van der Waals surface area contributed by atoms with Gasteiger partial charge >= 0.3 is 0 Å². The summed E-state index contributed by atoms with van der Waals surface area (Å²) in [7, 11) is 0. The molecule has 1 aromatic heterocycles. The normalized spacial score (nSPS) is 11.5. The molecule has 6 nitrogen and oxygen atoms in total. The second kappa shape index (κ2) is 4.45. The Labute approximate surface area is 119 Å². The first kappa shape index (κ1) is 11.7. The van der Waals surface area contributed by atoms with E-state index in [-0.39, 0.29) is 28.0 Å². The van der Waals surface area contributed by atoms with Crippen molar-refractivity contribution in [3.05, 3.63) is 46.6 Å². The number of rotatable bonds is 1. The zero-order valence-electron chi connectivity index (χ0n) is 11.5. The summed E-state index contributed by atoms with van der Waals surface area (Å²) in [6.45, 7) is 0. The molecular formula is C15H10O6. The van der Waals surface area contributed by atoms with Gasteiger partial charge in [0.15, 0.2) is 16.9 Å². The molecule has 6 heteroatoms. The second-order valence-electron chi connectivity index (χ2n) is 4.42. The van der Waals surface area contributed by atoms with E-state index in [1.165, 1.54) is 18.2 Å². The number of hydrogen-bond donors (Lipinski definition) is 4. The van der Waals surface area contributed by atoms with Crippen molar-refractivity contribution in [1.82, 2.24) is 0 Å². The third kappa shape index (κ3) is 2.12. The van der Waals surface area contributed by atoms with Crippen LogP contribution in [0.4, 0.5) is 0 Å². The van der Waals surface area contributed by atoms with Gasteiger partial charge in [-0.15, -0.1) is 0 Å². The standard InChI is InChI=1S/C15H10O6/c16-8-4-11(19)15-12(20)6-13(21-14(15)5-8)7-1-2-9(17)10(18)3-7/h1-6,16-19H/i5D. The van der Waals surface area contributed by atoms with E-state index in [4.69, 9.17) is 5.79 Å². The predicted octanol–water partition coefficient (Wildman–Crippen LogP) is 2.28. The van der Waals surface area contributed by atoms with Crippen molar-refractivity contribution in [2.45, 2.75) is 0 Å². The molecule has 21 heavy (non-hydrogen) atoms. The Kier molecular flexibility index (Phi) is 2.47. The average Bonchev–Trinajstić information content (AvgIpc) is 2.47. The SMILES string of the molecule is [2H]c1c(O)cc(O)c2c(=O)cc(-c3ccc(O)c(O)c3)oc12. The lowest BCUT2D eigenvalue weighted by Crippen LogP contribution is -2.00. The molecule has 0 fully saturated rings. The number of hydrogen-bond acceptors (Lipinski definition) is 6. The highest BCUT2D eigenvalue weighted by Gasteiger charge is 2.13. The molecule has 2 aromatic carbocycles. The summed E-state index contributed by atoms with van der Waals surface area (Å²) in [5.41, 5.74) is -0.584. The van der Waals surface area contributed by atoms with Crippen LogP contribution in [0.3, 0.4) is 0 Å². The third-order valence-corrected chi connectivity index (χ3v) is 2.98. The van der Waals surface area contributed by atoms with E-state index in [0.717, 1.165) is 12.1 Å². The van der Waals surface area contributed by atoms with Gasteiger partial charge in [-0.05, 0) is 18.2 Å².